The fraction of sp³-hybridized carbons (Fsp3) is 0.406. The third-order valence-electron chi connectivity index (χ3n) is 6.62. The summed E-state index contributed by atoms with van der Waals surface area (Å²) in [7, 11) is 0. The van der Waals surface area contributed by atoms with E-state index in [2.05, 4.69) is 119 Å². The van der Waals surface area contributed by atoms with Gasteiger partial charge in [-0.05, 0) is 58.1 Å². The van der Waals surface area contributed by atoms with E-state index in [0.29, 0.717) is 28.7 Å². The molecule has 39 heavy (non-hydrogen) atoms. The van der Waals surface area contributed by atoms with Crippen molar-refractivity contribution >= 4 is 23.0 Å². The molecule has 0 aliphatic carbocycles. The SMILES string of the molecule is CC(C)c1cccc(C(C)C)c1N1C=CN(c2c(C(C)C)cccc2C(C)C)C1.Clc1cccnc1.[Cl-].[Cl-].[Pd+2]. The summed E-state index contributed by atoms with van der Waals surface area (Å²) in [6.07, 6.45) is 7.83. The van der Waals surface area contributed by atoms with E-state index in [1.807, 2.05) is 0 Å². The second kappa shape index (κ2) is 17.3. The molecule has 1 aromatic heterocycles. The number of hydrogen-bond donors (Lipinski definition) is 0. The fourth-order valence-corrected chi connectivity index (χ4v) is 4.87. The normalized spacial score (nSPS) is 12.2. The summed E-state index contributed by atoms with van der Waals surface area (Å²) in [5.41, 5.74) is 8.52. The van der Waals surface area contributed by atoms with Crippen molar-refractivity contribution in [3.8, 4) is 0 Å². The molecule has 0 spiro atoms. The van der Waals surface area contributed by atoms with Crippen LogP contribution >= 0.6 is 11.6 Å². The van der Waals surface area contributed by atoms with Crippen LogP contribution < -0.4 is 34.6 Å². The molecule has 0 N–H and O–H groups in total. The minimum atomic E-state index is 0. The third-order valence-corrected chi connectivity index (χ3v) is 6.84. The molecular weight excluding hydrogens is 639 g/mol. The molecular formula is C32H42Cl3N3Pd. The molecule has 0 unspecified atom stereocenters. The van der Waals surface area contributed by atoms with Gasteiger partial charge in [0.05, 0.1) is 11.7 Å². The number of benzene rings is 2. The first-order chi connectivity index (χ1) is 17.1. The van der Waals surface area contributed by atoms with Crippen molar-refractivity contribution in [3.05, 3.63) is 101 Å². The predicted octanol–water partition coefficient (Wildman–Crippen LogP) is 3.68. The molecule has 0 atom stereocenters. The van der Waals surface area contributed by atoms with Gasteiger partial charge in [0.2, 0.25) is 0 Å². The number of nitrogens with zero attached hydrogens (tertiary/aromatic N) is 3. The maximum absolute atomic E-state index is 5.48. The molecule has 7 heteroatoms. The first-order valence-electron chi connectivity index (χ1n) is 13.1. The average Bonchev–Trinajstić information content (AvgIpc) is 3.33. The minimum absolute atomic E-state index is 0. The standard InChI is InChI=1S/C27H38N2.C5H4ClN.2ClH.Pd/c1-18(2)22-11-9-12-23(19(3)4)26(22)28-15-16-29(17-28)27-24(20(5)6)13-10-14-25(27)21(7)8;6-5-2-1-3-7-4-5;;;/h9-16,18-21H,17H2,1-8H3;1-4H;2*1H;/q;;;;+2/p-2. The molecule has 0 bridgehead atoms. The number of para-hydroxylation sites is 2. The Morgan fingerprint density at radius 1 is 0.615 bits per heavy atom. The van der Waals surface area contributed by atoms with Crippen molar-refractivity contribution in [1.82, 2.24) is 4.98 Å². The largest absolute Gasteiger partial charge is 2.00 e. The molecule has 2 heterocycles. The summed E-state index contributed by atoms with van der Waals surface area (Å²) in [4.78, 5) is 8.65. The molecule has 0 radical (unpaired) electrons. The van der Waals surface area contributed by atoms with E-state index in [-0.39, 0.29) is 45.2 Å². The minimum Gasteiger partial charge on any atom is -1.00 e. The zero-order valence-corrected chi connectivity index (χ0v) is 28.1. The van der Waals surface area contributed by atoms with Crippen molar-refractivity contribution in [2.45, 2.75) is 79.1 Å². The molecule has 3 aromatic rings. The van der Waals surface area contributed by atoms with Gasteiger partial charge in [0.15, 0.2) is 0 Å². The molecule has 0 saturated heterocycles. The maximum atomic E-state index is 5.48. The predicted molar refractivity (Wildman–Crippen MR) is 157 cm³/mol. The summed E-state index contributed by atoms with van der Waals surface area (Å²) in [5, 5.41) is 0.683. The molecule has 4 rings (SSSR count). The van der Waals surface area contributed by atoms with Crippen LogP contribution in [0.4, 0.5) is 11.4 Å². The van der Waals surface area contributed by atoms with Crippen LogP contribution in [0.5, 0.6) is 0 Å². The Bertz CT molecular complexity index is 1040. The Morgan fingerprint density at radius 2 is 0.974 bits per heavy atom. The van der Waals surface area contributed by atoms with Gasteiger partial charge in [-0.25, -0.2) is 0 Å². The number of aromatic nitrogens is 1. The van der Waals surface area contributed by atoms with E-state index in [9.17, 15) is 0 Å². The van der Waals surface area contributed by atoms with Crippen LogP contribution in [-0.4, -0.2) is 11.7 Å². The van der Waals surface area contributed by atoms with Crippen molar-refractivity contribution in [1.29, 1.82) is 0 Å². The third kappa shape index (κ3) is 9.52. The van der Waals surface area contributed by atoms with Gasteiger partial charge in [0, 0.05) is 36.2 Å². The first kappa shape index (κ1) is 37.5. The van der Waals surface area contributed by atoms with Crippen LogP contribution in [0, 0.1) is 0 Å². The van der Waals surface area contributed by atoms with Crippen molar-refractivity contribution in [2.75, 3.05) is 16.5 Å². The van der Waals surface area contributed by atoms with E-state index in [0.717, 1.165) is 6.67 Å². The Labute approximate surface area is 267 Å². The summed E-state index contributed by atoms with van der Waals surface area (Å²) >= 11 is 5.48. The van der Waals surface area contributed by atoms with Crippen molar-refractivity contribution in [2.24, 2.45) is 0 Å². The van der Waals surface area contributed by atoms with Gasteiger partial charge >= 0.3 is 20.4 Å². The monoisotopic (exact) mass is 679 g/mol. The molecule has 1 aliphatic rings. The number of rotatable bonds is 6. The van der Waals surface area contributed by atoms with Gasteiger partial charge in [-0.2, -0.15) is 0 Å². The molecule has 2 aromatic carbocycles. The first-order valence-corrected chi connectivity index (χ1v) is 13.5. The van der Waals surface area contributed by atoms with Gasteiger partial charge < -0.3 is 34.6 Å². The maximum Gasteiger partial charge on any atom is 2.00 e. The van der Waals surface area contributed by atoms with E-state index < -0.39 is 0 Å². The topological polar surface area (TPSA) is 19.4 Å². The van der Waals surface area contributed by atoms with Crippen LogP contribution in [0.1, 0.15) is 101 Å². The van der Waals surface area contributed by atoms with E-state index >= 15 is 0 Å². The van der Waals surface area contributed by atoms with E-state index in [4.69, 9.17) is 11.6 Å². The smallest absolute Gasteiger partial charge is 1.00 e. The summed E-state index contributed by atoms with van der Waals surface area (Å²) in [6, 6.07) is 17.2. The zero-order valence-electron chi connectivity index (χ0n) is 24.2. The Kier molecular flexibility index (Phi) is 16.6. The van der Waals surface area contributed by atoms with Gasteiger partial charge in [0.1, 0.15) is 0 Å². The van der Waals surface area contributed by atoms with Crippen molar-refractivity contribution < 1.29 is 45.2 Å². The van der Waals surface area contributed by atoms with Gasteiger partial charge in [-0.15, -0.1) is 0 Å². The Morgan fingerprint density at radius 3 is 1.21 bits per heavy atom. The fourth-order valence-electron chi connectivity index (χ4n) is 4.74. The second-order valence-electron chi connectivity index (χ2n) is 10.7. The summed E-state index contributed by atoms with van der Waals surface area (Å²) < 4.78 is 0. The molecule has 0 saturated carbocycles. The van der Waals surface area contributed by atoms with Crippen LogP contribution in [0.25, 0.3) is 0 Å². The number of anilines is 2. The average molecular weight is 681 g/mol. The van der Waals surface area contributed by atoms with Crippen LogP contribution in [0.3, 0.4) is 0 Å². The molecule has 3 nitrogen and oxygen atoms in total. The number of pyridine rings is 1. The molecule has 0 fully saturated rings. The second-order valence-corrected chi connectivity index (χ2v) is 11.2. The van der Waals surface area contributed by atoms with Crippen LogP contribution in [-0.2, 0) is 20.4 Å². The number of halogens is 3. The number of hydrogen-bond acceptors (Lipinski definition) is 3. The van der Waals surface area contributed by atoms with Gasteiger partial charge in [-0.3, -0.25) is 4.98 Å². The van der Waals surface area contributed by atoms with Crippen molar-refractivity contribution in [3.63, 3.8) is 0 Å². The van der Waals surface area contributed by atoms with E-state index in [1.165, 1.54) is 33.6 Å². The zero-order chi connectivity index (χ0) is 26.4. The Balaban J connectivity index is 0.00000126. The van der Waals surface area contributed by atoms with Gasteiger partial charge in [-0.1, -0.05) is 103 Å². The Hall–Kier alpha value is -1.54. The quantitative estimate of drug-likeness (QED) is 0.371. The van der Waals surface area contributed by atoms with E-state index in [1.54, 1.807) is 24.5 Å². The summed E-state index contributed by atoms with van der Waals surface area (Å²) in [5.74, 6) is 2.00. The summed E-state index contributed by atoms with van der Waals surface area (Å²) in [6.45, 7) is 19.2. The van der Waals surface area contributed by atoms with Gasteiger partial charge in [0.25, 0.3) is 0 Å². The van der Waals surface area contributed by atoms with Crippen LogP contribution in [0.2, 0.25) is 5.02 Å². The molecule has 216 valence electrons. The molecule has 0 amide bonds. The van der Waals surface area contributed by atoms with Crippen LogP contribution in [0.15, 0.2) is 73.3 Å². The molecule has 1 aliphatic heterocycles.